The van der Waals surface area contributed by atoms with Crippen LogP contribution in [0.4, 0.5) is 0 Å². The minimum absolute atomic E-state index is 0.0624. The van der Waals surface area contributed by atoms with Gasteiger partial charge in [-0.25, -0.2) is 8.42 Å². The fourth-order valence-electron chi connectivity index (χ4n) is 4.12. The first kappa shape index (κ1) is 19.6. The first-order valence-corrected chi connectivity index (χ1v) is 11.9. The van der Waals surface area contributed by atoms with Crippen LogP contribution in [0.2, 0.25) is 0 Å². The zero-order chi connectivity index (χ0) is 18.6. The number of benzene rings is 2. The van der Waals surface area contributed by atoms with Gasteiger partial charge in [-0.05, 0) is 37.3 Å². The summed E-state index contributed by atoms with van der Waals surface area (Å²) >= 11 is 3.36. The first-order chi connectivity index (χ1) is 12.5. The van der Waals surface area contributed by atoms with Crippen molar-refractivity contribution in [1.82, 2.24) is 4.31 Å². The summed E-state index contributed by atoms with van der Waals surface area (Å²) in [7, 11) is -3.27. The highest BCUT2D eigenvalue weighted by molar-refractivity contribution is 9.09. The third kappa shape index (κ3) is 3.75. The zero-order valence-corrected chi connectivity index (χ0v) is 17.5. The normalized spacial score (nSPS) is 18.9. The molecule has 1 atom stereocenters. The lowest BCUT2D eigenvalue weighted by Crippen LogP contribution is -2.49. The van der Waals surface area contributed by atoms with E-state index in [0.29, 0.717) is 18.3 Å². The molecular formula is C21H26BrNO2S. The molecule has 3 nitrogen and oxygen atoms in total. The van der Waals surface area contributed by atoms with E-state index in [1.807, 2.05) is 36.4 Å². The maximum Gasteiger partial charge on any atom is 0.214 e. The van der Waals surface area contributed by atoms with Crippen molar-refractivity contribution in [2.75, 3.05) is 17.6 Å². The minimum atomic E-state index is -3.27. The van der Waals surface area contributed by atoms with E-state index >= 15 is 0 Å². The molecule has 1 aliphatic rings. The van der Waals surface area contributed by atoms with Crippen LogP contribution < -0.4 is 0 Å². The molecule has 1 heterocycles. The van der Waals surface area contributed by atoms with Gasteiger partial charge >= 0.3 is 0 Å². The SMILES string of the molecule is CC(c1ccccc1)(c1ccccc1)[C@H]1CCCN1S(=O)(=O)CCCBr. The second-order valence-electron chi connectivity index (χ2n) is 7.06. The van der Waals surface area contributed by atoms with Crippen molar-refractivity contribution in [2.24, 2.45) is 0 Å². The van der Waals surface area contributed by atoms with Gasteiger partial charge in [-0.1, -0.05) is 76.6 Å². The molecule has 2 aromatic rings. The molecular weight excluding hydrogens is 410 g/mol. The number of hydrogen-bond acceptors (Lipinski definition) is 2. The molecule has 2 aromatic carbocycles. The van der Waals surface area contributed by atoms with Gasteiger partial charge in [-0.2, -0.15) is 4.31 Å². The quantitative estimate of drug-likeness (QED) is 0.597. The minimum Gasteiger partial charge on any atom is -0.212 e. The zero-order valence-electron chi connectivity index (χ0n) is 15.1. The summed E-state index contributed by atoms with van der Waals surface area (Å²) in [6, 6.07) is 20.6. The maximum atomic E-state index is 13.0. The molecule has 0 N–H and O–H groups in total. The molecule has 1 fully saturated rings. The highest BCUT2D eigenvalue weighted by atomic mass is 79.9. The predicted molar refractivity (Wildman–Crippen MR) is 111 cm³/mol. The summed E-state index contributed by atoms with van der Waals surface area (Å²) in [5.41, 5.74) is 1.96. The van der Waals surface area contributed by atoms with Crippen LogP contribution in [-0.2, 0) is 15.4 Å². The maximum absolute atomic E-state index is 13.0. The van der Waals surface area contributed by atoms with Crippen LogP contribution >= 0.6 is 15.9 Å². The van der Waals surface area contributed by atoms with Crippen LogP contribution in [0.5, 0.6) is 0 Å². The Morgan fingerprint density at radius 3 is 2.08 bits per heavy atom. The number of alkyl halides is 1. The molecule has 0 radical (unpaired) electrons. The van der Waals surface area contributed by atoms with Gasteiger partial charge in [0.05, 0.1) is 5.75 Å². The van der Waals surface area contributed by atoms with Gasteiger partial charge in [0.2, 0.25) is 10.0 Å². The van der Waals surface area contributed by atoms with Gasteiger partial charge in [0, 0.05) is 23.3 Å². The summed E-state index contributed by atoms with van der Waals surface area (Å²) in [5, 5.41) is 0.708. The molecule has 140 valence electrons. The molecule has 0 spiro atoms. The monoisotopic (exact) mass is 435 g/mol. The Bertz CT molecular complexity index is 769. The molecule has 1 saturated heterocycles. The summed E-state index contributed by atoms with van der Waals surface area (Å²) < 4.78 is 27.8. The van der Waals surface area contributed by atoms with Crippen LogP contribution in [0.1, 0.15) is 37.3 Å². The predicted octanol–water partition coefficient (Wildman–Crippen LogP) is 4.57. The second-order valence-corrected chi connectivity index (χ2v) is 9.90. The Balaban J connectivity index is 2.08. The summed E-state index contributed by atoms with van der Waals surface area (Å²) in [5.74, 6) is 0.203. The molecule has 1 aliphatic heterocycles. The Labute approximate surface area is 165 Å². The molecule has 26 heavy (non-hydrogen) atoms. The van der Waals surface area contributed by atoms with Crippen LogP contribution in [0.3, 0.4) is 0 Å². The Hall–Kier alpha value is -1.17. The van der Waals surface area contributed by atoms with Crippen molar-refractivity contribution in [2.45, 2.75) is 37.6 Å². The average Bonchev–Trinajstić information content (AvgIpc) is 3.18. The molecule has 5 heteroatoms. The van der Waals surface area contributed by atoms with Gasteiger partial charge < -0.3 is 0 Å². The number of halogens is 1. The van der Waals surface area contributed by atoms with Crippen LogP contribution in [-0.4, -0.2) is 36.4 Å². The summed E-state index contributed by atoms with van der Waals surface area (Å²) in [6.45, 7) is 2.81. The molecule has 0 bridgehead atoms. The van der Waals surface area contributed by atoms with E-state index in [1.165, 1.54) is 11.1 Å². The highest BCUT2D eigenvalue weighted by Gasteiger charge is 2.46. The van der Waals surface area contributed by atoms with E-state index in [4.69, 9.17) is 0 Å². The third-order valence-corrected chi connectivity index (χ3v) is 8.03. The Kier molecular flexibility index (Phi) is 6.21. The largest absolute Gasteiger partial charge is 0.214 e. The number of nitrogens with zero attached hydrogens (tertiary/aromatic N) is 1. The lowest BCUT2D eigenvalue weighted by atomic mass is 9.70. The third-order valence-electron chi connectivity index (χ3n) is 5.51. The topological polar surface area (TPSA) is 37.4 Å². The van der Waals surface area contributed by atoms with E-state index in [0.717, 1.165) is 12.8 Å². The fourth-order valence-corrected chi connectivity index (χ4v) is 6.63. The molecule has 0 aliphatic carbocycles. The standard InChI is InChI=1S/C21H26BrNO2S/c1-21(18-10-4-2-5-11-18,19-12-6-3-7-13-19)20-14-8-16-23(20)26(24,25)17-9-15-22/h2-7,10-13,20H,8-9,14-17H2,1H3/t20-/m1/s1. The number of rotatable bonds is 7. The molecule has 0 amide bonds. The van der Waals surface area contributed by atoms with E-state index in [2.05, 4.69) is 47.1 Å². The Morgan fingerprint density at radius 1 is 1.04 bits per heavy atom. The average molecular weight is 436 g/mol. The lowest BCUT2D eigenvalue weighted by Gasteiger charge is -2.41. The van der Waals surface area contributed by atoms with E-state index < -0.39 is 10.0 Å². The van der Waals surface area contributed by atoms with Crippen molar-refractivity contribution in [3.05, 3.63) is 71.8 Å². The number of sulfonamides is 1. The van der Waals surface area contributed by atoms with Crippen LogP contribution in [0.15, 0.2) is 60.7 Å². The Morgan fingerprint density at radius 2 is 1.58 bits per heavy atom. The summed E-state index contributed by atoms with van der Waals surface area (Å²) in [6.07, 6.45) is 2.43. The van der Waals surface area contributed by atoms with Gasteiger partial charge in [-0.3, -0.25) is 0 Å². The molecule has 0 aromatic heterocycles. The number of hydrogen-bond donors (Lipinski definition) is 0. The fraction of sp³-hybridized carbons (Fsp3) is 0.429. The highest BCUT2D eigenvalue weighted by Crippen LogP contribution is 2.43. The van der Waals surface area contributed by atoms with Gasteiger partial charge in [0.1, 0.15) is 0 Å². The van der Waals surface area contributed by atoms with E-state index in [9.17, 15) is 8.42 Å². The van der Waals surface area contributed by atoms with Gasteiger partial charge in [-0.15, -0.1) is 0 Å². The van der Waals surface area contributed by atoms with Crippen molar-refractivity contribution < 1.29 is 8.42 Å². The lowest BCUT2D eigenvalue weighted by molar-refractivity contribution is 0.291. The van der Waals surface area contributed by atoms with E-state index in [1.54, 1.807) is 4.31 Å². The van der Waals surface area contributed by atoms with Gasteiger partial charge in [0.25, 0.3) is 0 Å². The van der Waals surface area contributed by atoms with Crippen molar-refractivity contribution in [3.8, 4) is 0 Å². The van der Waals surface area contributed by atoms with Crippen molar-refractivity contribution >= 4 is 26.0 Å². The molecule has 0 unspecified atom stereocenters. The molecule has 3 rings (SSSR count). The van der Waals surface area contributed by atoms with Crippen LogP contribution in [0, 0.1) is 0 Å². The summed E-state index contributed by atoms with van der Waals surface area (Å²) in [4.78, 5) is 0. The van der Waals surface area contributed by atoms with E-state index in [-0.39, 0.29) is 17.2 Å². The van der Waals surface area contributed by atoms with Crippen LogP contribution in [0.25, 0.3) is 0 Å². The smallest absolute Gasteiger partial charge is 0.212 e. The molecule has 0 saturated carbocycles. The van der Waals surface area contributed by atoms with Crippen molar-refractivity contribution in [3.63, 3.8) is 0 Å². The first-order valence-electron chi connectivity index (χ1n) is 9.16. The second kappa shape index (κ2) is 8.24. The van der Waals surface area contributed by atoms with Gasteiger partial charge in [0.15, 0.2) is 0 Å². The van der Waals surface area contributed by atoms with Crippen molar-refractivity contribution in [1.29, 1.82) is 0 Å².